The smallest absolute Gasteiger partial charge is 0.270 e. The number of rotatable bonds is 15. The van der Waals surface area contributed by atoms with Crippen LogP contribution >= 0.6 is 21.6 Å². The van der Waals surface area contributed by atoms with E-state index >= 15 is 0 Å². The van der Waals surface area contributed by atoms with Crippen LogP contribution in [0.3, 0.4) is 0 Å². The average molecular weight is 611 g/mol. The first-order valence-electron chi connectivity index (χ1n) is 10.1. The lowest BCUT2D eigenvalue weighted by Crippen LogP contribution is -2.46. The van der Waals surface area contributed by atoms with E-state index < -0.39 is 72.0 Å². The maximum atomic E-state index is 12.1. The molecule has 18 heteroatoms. The summed E-state index contributed by atoms with van der Waals surface area (Å²) >= 11 is 0. The van der Waals surface area contributed by atoms with Gasteiger partial charge in [0, 0.05) is 10.5 Å². The molecule has 0 bridgehead atoms. The van der Waals surface area contributed by atoms with Gasteiger partial charge in [-0.05, 0) is 38.5 Å². The molecule has 0 fully saturated rings. The molecule has 0 spiro atoms. The Kier molecular flexibility index (Phi) is 12.9. The van der Waals surface area contributed by atoms with E-state index in [2.05, 4.69) is 0 Å². The molecule has 0 heterocycles. The summed E-state index contributed by atoms with van der Waals surface area (Å²) in [6.07, 6.45) is 0.0293. The van der Waals surface area contributed by atoms with Gasteiger partial charge < -0.3 is 0 Å². The van der Waals surface area contributed by atoms with Crippen molar-refractivity contribution in [3.8, 4) is 0 Å². The molecule has 0 aromatic heterocycles. The largest absolute Gasteiger partial charge is 0.285 e. The monoisotopic (exact) mass is 610 g/mol. The van der Waals surface area contributed by atoms with Crippen LogP contribution in [-0.4, -0.2) is 83.4 Å². The molecule has 6 atom stereocenters. The highest BCUT2D eigenvalue weighted by Gasteiger charge is 2.46. The van der Waals surface area contributed by atoms with E-state index in [0.717, 1.165) is 13.8 Å². The van der Waals surface area contributed by atoms with E-state index in [0.29, 0.717) is 21.6 Å². The first-order valence-corrected chi connectivity index (χ1v) is 18.4. The van der Waals surface area contributed by atoms with Crippen molar-refractivity contribution in [2.45, 2.75) is 85.9 Å². The van der Waals surface area contributed by atoms with E-state index in [4.69, 9.17) is 0 Å². The van der Waals surface area contributed by atoms with Gasteiger partial charge in [0.05, 0.1) is 0 Å². The number of hydrogen-bond donors (Lipinski definition) is 4. The predicted molar refractivity (Wildman–Crippen MR) is 134 cm³/mol. The number of hydrogen-bond acceptors (Lipinski definition) is 10. The van der Waals surface area contributed by atoms with Crippen molar-refractivity contribution < 1.29 is 51.9 Å². The van der Waals surface area contributed by atoms with E-state index in [-0.39, 0.29) is 24.7 Å². The molecular weight excluding hydrogens is 577 g/mol. The highest BCUT2D eigenvalue weighted by atomic mass is 33.1. The van der Waals surface area contributed by atoms with E-state index in [1.807, 2.05) is 0 Å². The summed E-state index contributed by atoms with van der Waals surface area (Å²) in [6, 6.07) is 0. The van der Waals surface area contributed by atoms with Crippen LogP contribution in [0, 0.1) is 11.8 Å². The Hall–Kier alpha value is 0.340. The summed E-state index contributed by atoms with van der Waals surface area (Å²) < 4.78 is 134. The molecule has 0 aliphatic rings. The highest BCUT2D eigenvalue weighted by Crippen LogP contribution is 2.43. The molecule has 0 saturated heterocycles. The minimum atomic E-state index is -5.03. The van der Waals surface area contributed by atoms with Gasteiger partial charge in [0.15, 0.2) is 0 Å². The second-order valence-electron chi connectivity index (χ2n) is 8.93. The van der Waals surface area contributed by atoms with Crippen LogP contribution in [0.1, 0.15) is 54.4 Å². The van der Waals surface area contributed by atoms with Crippen molar-refractivity contribution in [3.05, 3.63) is 0 Å². The molecule has 0 aliphatic carbocycles. The summed E-state index contributed by atoms with van der Waals surface area (Å²) in [6.45, 7) is 8.54. The third kappa shape index (κ3) is 11.2. The third-order valence-electron chi connectivity index (χ3n) is 5.00. The van der Waals surface area contributed by atoms with E-state index in [9.17, 15) is 51.9 Å². The van der Waals surface area contributed by atoms with Crippen molar-refractivity contribution in [2.24, 2.45) is 11.8 Å². The van der Waals surface area contributed by atoms with Crippen LogP contribution in [0.2, 0.25) is 0 Å². The molecule has 206 valence electrons. The Morgan fingerprint density at radius 1 is 0.500 bits per heavy atom. The summed E-state index contributed by atoms with van der Waals surface area (Å²) in [5.74, 6) is -0.456. The van der Waals surface area contributed by atoms with E-state index in [1.54, 1.807) is 27.7 Å². The maximum absolute atomic E-state index is 12.1. The third-order valence-corrected chi connectivity index (χ3v) is 14.4. The van der Waals surface area contributed by atoms with Crippen LogP contribution in [0.5, 0.6) is 0 Å². The first-order chi connectivity index (χ1) is 14.9. The second kappa shape index (κ2) is 12.7. The average Bonchev–Trinajstić information content (AvgIpc) is 2.54. The van der Waals surface area contributed by atoms with Crippen LogP contribution in [0.15, 0.2) is 0 Å². The standard InChI is InChI=1S/C16H34O12S6/c1-9(2)7-13(15(33(23,24)25)11(5)31(17,18)19)29-30-14(8-10(3)4)16(34(26,27)28)12(6)32(20,21)22/h9-16H,7-8H2,1-6H3,(H,17,18,19)(H,20,21,22)(H,23,24,25)(H,26,27,28). The summed E-state index contributed by atoms with van der Waals surface area (Å²) in [5, 5.41) is -10.2. The predicted octanol–water partition coefficient (Wildman–Crippen LogP) is 2.26. The Bertz CT molecular complexity index is 991. The normalized spacial score (nSPS) is 19.5. The van der Waals surface area contributed by atoms with Gasteiger partial charge in [0.25, 0.3) is 40.5 Å². The fourth-order valence-electron chi connectivity index (χ4n) is 3.34. The minimum absolute atomic E-state index is 0.0147. The Morgan fingerprint density at radius 2 is 0.735 bits per heavy atom. The van der Waals surface area contributed by atoms with Gasteiger partial charge in [0.2, 0.25) is 0 Å². The van der Waals surface area contributed by atoms with Crippen LogP contribution in [0.4, 0.5) is 0 Å². The molecule has 0 aromatic carbocycles. The quantitative estimate of drug-likeness (QED) is 0.154. The zero-order valence-electron chi connectivity index (χ0n) is 19.5. The molecule has 12 nitrogen and oxygen atoms in total. The van der Waals surface area contributed by atoms with Gasteiger partial charge in [-0.3, -0.25) is 18.2 Å². The molecule has 34 heavy (non-hydrogen) atoms. The zero-order chi connectivity index (χ0) is 27.4. The highest BCUT2D eigenvalue weighted by molar-refractivity contribution is 8.77. The van der Waals surface area contributed by atoms with Gasteiger partial charge in [-0.1, -0.05) is 49.3 Å². The van der Waals surface area contributed by atoms with Crippen LogP contribution < -0.4 is 0 Å². The van der Waals surface area contributed by atoms with Gasteiger partial charge in [0.1, 0.15) is 21.0 Å². The Labute approximate surface area is 210 Å². The molecule has 0 aromatic rings. The van der Waals surface area contributed by atoms with Crippen molar-refractivity contribution in [2.75, 3.05) is 0 Å². The van der Waals surface area contributed by atoms with Gasteiger partial charge in [-0.15, -0.1) is 0 Å². The fraction of sp³-hybridized carbons (Fsp3) is 1.00. The second-order valence-corrected chi connectivity index (χ2v) is 18.4. The van der Waals surface area contributed by atoms with Gasteiger partial charge >= 0.3 is 0 Å². The summed E-state index contributed by atoms with van der Waals surface area (Å²) in [5.41, 5.74) is 0. The molecule has 0 saturated carbocycles. The van der Waals surface area contributed by atoms with Crippen molar-refractivity contribution in [3.63, 3.8) is 0 Å². The fourth-order valence-corrected chi connectivity index (χ4v) is 13.8. The topological polar surface area (TPSA) is 217 Å². The minimum Gasteiger partial charge on any atom is -0.285 e. The van der Waals surface area contributed by atoms with Crippen LogP contribution in [0.25, 0.3) is 0 Å². The molecular formula is C16H34O12S6. The molecule has 4 N–H and O–H groups in total. The Morgan fingerprint density at radius 3 is 0.882 bits per heavy atom. The SMILES string of the molecule is CC(C)CC(SSC(CC(C)C)C(C(C)S(=O)(=O)O)S(=O)(=O)O)C(C(C)S(=O)(=O)O)S(=O)(=O)O. The van der Waals surface area contributed by atoms with Gasteiger partial charge in [-0.25, -0.2) is 0 Å². The summed E-state index contributed by atoms with van der Waals surface area (Å²) in [7, 11) is -18.5. The molecule has 0 aliphatic heterocycles. The lowest BCUT2D eigenvalue weighted by molar-refractivity contribution is 0.428. The van der Waals surface area contributed by atoms with Crippen molar-refractivity contribution in [1.29, 1.82) is 0 Å². The Balaban J connectivity index is 6.51. The molecule has 0 amide bonds. The molecule has 6 unspecified atom stereocenters. The van der Waals surface area contributed by atoms with Gasteiger partial charge in [-0.2, -0.15) is 33.7 Å². The zero-order valence-corrected chi connectivity index (χ0v) is 24.4. The van der Waals surface area contributed by atoms with Crippen molar-refractivity contribution in [1.82, 2.24) is 0 Å². The lowest BCUT2D eigenvalue weighted by Gasteiger charge is -2.32. The van der Waals surface area contributed by atoms with Crippen LogP contribution in [-0.2, 0) is 40.5 Å². The van der Waals surface area contributed by atoms with E-state index in [1.165, 1.54) is 0 Å². The molecule has 0 radical (unpaired) electrons. The van der Waals surface area contributed by atoms with Crippen molar-refractivity contribution >= 4 is 62.1 Å². The summed E-state index contributed by atoms with van der Waals surface area (Å²) in [4.78, 5) is 0. The lowest BCUT2D eigenvalue weighted by atomic mass is 10.0. The molecule has 0 rings (SSSR count). The first kappa shape index (κ1) is 34.3. The maximum Gasteiger partial charge on any atom is 0.270 e.